The quantitative estimate of drug-likeness (QED) is 0.661. The molecular formula is C14H17N3O. The van der Waals surface area contributed by atoms with E-state index in [4.69, 9.17) is 5.73 Å². The number of nitrogen functional groups attached to an aromatic ring is 1. The van der Waals surface area contributed by atoms with Gasteiger partial charge in [0.15, 0.2) is 5.78 Å². The molecule has 1 heterocycles. The summed E-state index contributed by atoms with van der Waals surface area (Å²) >= 11 is 0. The second-order valence-electron chi connectivity index (χ2n) is 4.31. The number of hydrogen-bond donors (Lipinski definition) is 1. The van der Waals surface area contributed by atoms with Crippen LogP contribution >= 0.6 is 0 Å². The van der Waals surface area contributed by atoms with Crippen LogP contribution in [0, 0.1) is 6.92 Å². The monoisotopic (exact) mass is 243 g/mol. The number of nitrogens with zero attached hydrogens (tertiary/aromatic N) is 2. The fourth-order valence-electron chi connectivity index (χ4n) is 1.95. The largest absolute Gasteiger partial charge is 0.399 e. The van der Waals surface area contributed by atoms with Crippen molar-refractivity contribution in [1.29, 1.82) is 0 Å². The highest BCUT2D eigenvalue weighted by Gasteiger charge is 2.11. The van der Waals surface area contributed by atoms with Crippen molar-refractivity contribution in [2.45, 2.75) is 26.8 Å². The zero-order valence-corrected chi connectivity index (χ0v) is 10.7. The van der Waals surface area contributed by atoms with E-state index in [2.05, 4.69) is 5.10 Å². The van der Waals surface area contributed by atoms with Gasteiger partial charge in [0.05, 0.1) is 12.1 Å². The SMILES string of the molecule is CCn1nc(C)cc1CC(=O)c1ccc(N)cc1. The molecule has 0 aliphatic carbocycles. The summed E-state index contributed by atoms with van der Waals surface area (Å²) in [5, 5.41) is 4.33. The summed E-state index contributed by atoms with van der Waals surface area (Å²) in [6.07, 6.45) is 0.374. The fraction of sp³-hybridized carbons (Fsp3) is 0.286. The molecular weight excluding hydrogens is 226 g/mol. The molecule has 0 fully saturated rings. The van der Waals surface area contributed by atoms with Crippen LogP contribution in [0.4, 0.5) is 5.69 Å². The van der Waals surface area contributed by atoms with Crippen LogP contribution in [0.1, 0.15) is 28.7 Å². The highest BCUT2D eigenvalue weighted by atomic mass is 16.1. The van der Waals surface area contributed by atoms with Crippen LogP contribution < -0.4 is 5.73 Å². The molecule has 4 nitrogen and oxygen atoms in total. The molecule has 0 aliphatic rings. The van der Waals surface area contributed by atoms with Crippen molar-refractivity contribution in [3.05, 3.63) is 47.3 Å². The van der Waals surface area contributed by atoms with E-state index in [0.717, 1.165) is 17.9 Å². The third-order valence-corrected chi connectivity index (χ3v) is 2.86. The van der Waals surface area contributed by atoms with Gasteiger partial charge in [0.25, 0.3) is 0 Å². The van der Waals surface area contributed by atoms with Crippen molar-refractivity contribution >= 4 is 11.5 Å². The topological polar surface area (TPSA) is 60.9 Å². The summed E-state index contributed by atoms with van der Waals surface area (Å²) in [5.41, 5.74) is 8.85. The highest BCUT2D eigenvalue weighted by molar-refractivity contribution is 5.97. The molecule has 0 bridgehead atoms. The first-order chi connectivity index (χ1) is 8.60. The number of carbonyl (C=O) groups is 1. The van der Waals surface area contributed by atoms with Crippen LogP contribution in [0.25, 0.3) is 0 Å². The van der Waals surface area contributed by atoms with E-state index < -0.39 is 0 Å². The minimum absolute atomic E-state index is 0.0876. The van der Waals surface area contributed by atoms with Gasteiger partial charge in [-0.25, -0.2) is 0 Å². The van der Waals surface area contributed by atoms with Gasteiger partial charge in [0, 0.05) is 23.5 Å². The highest BCUT2D eigenvalue weighted by Crippen LogP contribution is 2.11. The molecule has 4 heteroatoms. The summed E-state index contributed by atoms with van der Waals surface area (Å²) in [6, 6.07) is 8.97. The standard InChI is InChI=1S/C14H17N3O/c1-3-17-13(8-10(2)16-17)9-14(18)11-4-6-12(15)7-5-11/h4-8H,3,9,15H2,1-2H3. The molecule has 2 rings (SSSR count). The van der Waals surface area contributed by atoms with Crippen LogP contribution in [0.5, 0.6) is 0 Å². The number of nitrogens with two attached hydrogens (primary N) is 1. The number of rotatable bonds is 4. The average molecular weight is 243 g/mol. The van der Waals surface area contributed by atoms with Crippen LogP contribution in [0.2, 0.25) is 0 Å². The Morgan fingerprint density at radius 2 is 2.00 bits per heavy atom. The van der Waals surface area contributed by atoms with E-state index in [-0.39, 0.29) is 5.78 Å². The number of aromatic nitrogens is 2. The molecule has 0 amide bonds. The summed E-state index contributed by atoms with van der Waals surface area (Å²) in [7, 11) is 0. The minimum atomic E-state index is 0.0876. The van der Waals surface area contributed by atoms with Crippen molar-refractivity contribution in [3.8, 4) is 0 Å². The predicted molar refractivity (Wildman–Crippen MR) is 71.5 cm³/mol. The van der Waals surface area contributed by atoms with Crippen molar-refractivity contribution in [3.63, 3.8) is 0 Å². The predicted octanol–water partition coefficient (Wildman–Crippen LogP) is 2.22. The molecule has 0 aliphatic heterocycles. The number of aryl methyl sites for hydroxylation is 2. The van der Waals surface area contributed by atoms with Crippen LogP contribution in [0.15, 0.2) is 30.3 Å². The van der Waals surface area contributed by atoms with Crippen LogP contribution in [-0.2, 0) is 13.0 Å². The van der Waals surface area contributed by atoms with Gasteiger partial charge in [0.1, 0.15) is 0 Å². The maximum atomic E-state index is 12.1. The third-order valence-electron chi connectivity index (χ3n) is 2.86. The molecule has 2 N–H and O–H groups in total. The lowest BCUT2D eigenvalue weighted by molar-refractivity contribution is 0.0990. The number of anilines is 1. The Bertz CT molecular complexity index is 555. The van der Waals surface area contributed by atoms with Gasteiger partial charge < -0.3 is 5.73 Å². The summed E-state index contributed by atoms with van der Waals surface area (Å²) < 4.78 is 1.87. The molecule has 0 atom stereocenters. The van der Waals surface area contributed by atoms with E-state index >= 15 is 0 Å². The van der Waals surface area contributed by atoms with Gasteiger partial charge in [-0.05, 0) is 44.2 Å². The lowest BCUT2D eigenvalue weighted by Crippen LogP contribution is -2.09. The van der Waals surface area contributed by atoms with Gasteiger partial charge in [-0.1, -0.05) is 0 Å². The van der Waals surface area contributed by atoms with Crippen molar-refractivity contribution < 1.29 is 4.79 Å². The number of benzene rings is 1. The third kappa shape index (κ3) is 2.59. The lowest BCUT2D eigenvalue weighted by Gasteiger charge is -2.04. The lowest BCUT2D eigenvalue weighted by atomic mass is 10.1. The molecule has 1 aromatic carbocycles. The second kappa shape index (κ2) is 5.04. The summed E-state index contributed by atoms with van der Waals surface area (Å²) in [5.74, 6) is 0.0876. The molecule has 0 spiro atoms. The van der Waals surface area contributed by atoms with E-state index in [1.54, 1.807) is 24.3 Å². The smallest absolute Gasteiger partial charge is 0.168 e. The first-order valence-electron chi connectivity index (χ1n) is 6.02. The molecule has 2 aromatic rings. The zero-order valence-electron chi connectivity index (χ0n) is 10.7. The summed E-state index contributed by atoms with van der Waals surface area (Å²) in [6.45, 7) is 4.73. The molecule has 0 radical (unpaired) electrons. The van der Waals surface area contributed by atoms with Crippen LogP contribution in [-0.4, -0.2) is 15.6 Å². The maximum absolute atomic E-state index is 12.1. The zero-order chi connectivity index (χ0) is 13.1. The Labute approximate surface area is 106 Å². The molecule has 0 saturated carbocycles. The molecule has 94 valence electrons. The van der Waals surface area contributed by atoms with Gasteiger partial charge in [-0.3, -0.25) is 9.48 Å². The van der Waals surface area contributed by atoms with Gasteiger partial charge >= 0.3 is 0 Å². The Balaban J connectivity index is 2.18. The summed E-state index contributed by atoms with van der Waals surface area (Å²) in [4.78, 5) is 12.1. The maximum Gasteiger partial charge on any atom is 0.168 e. The van der Waals surface area contributed by atoms with Crippen LogP contribution in [0.3, 0.4) is 0 Å². The molecule has 1 aromatic heterocycles. The number of hydrogen-bond acceptors (Lipinski definition) is 3. The van der Waals surface area contributed by atoms with Gasteiger partial charge in [-0.2, -0.15) is 5.10 Å². The Hall–Kier alpha value is -2.10. The molecule has 18 heavy (non-hydrogen) atoms. The number of carbonyl (C=O) groups excluding carboxylic acids is 1. The van der Waals surface area contributed by atoms with E-state index in [1.807, 2.05) is 24.6 Å². The van der Waals surface area contributed by atoms with Gasteiger partial charge in [-0.15, -0.1) is 0 Å². The minimum Gasteiger partial charge on any atom is -0.399 e. The first kappa shape index (κ1) is 12.4. The number of ketones is 1. The Morgan fingerprint density at radius 3 is 2.61 bits per heavy atom. The average Bonchev–Trinajstić information content (AvgIpc) is 2.70. The van der Waals surface area contributed by atoms with Gasteiger partial charge in [0.2, 0.25) is 0 Å². The molecule has 0 saturated heterocycles. The van der Waals surface area contributed by atoms with Crippen molar-refractivity contribution in [1.82, 2.24) is 9.78 Å². The second-order valence-corrected chi connectivity index (χ2v) is 4.31. The Morgan fingerprint density at radius 1 is 1.33 bits per heavy atom. The Kier molecular flexibility index (Phi) is 3.46. The van der Waals surface area contributed by atoms with Crippen molar-refractivity contribution in [2.75, 3.05) is 5.73 Å². The first-order valence-corrected chi connectivity index (χ1v) is 6.02. The van der Waals surface area contributed by atoms with Crippen molar-refractivity contribution in [2.24, 2.45) is 0 Å². The van der Waals surface area contributed by atoms with E-state index in [0.29, 0.717) is 17.7 Å². The normalized spacial score (nSPS) is 10.6. The molecule has 0 unspecified atom stereocenters. The van der Waals surface area contributed by atoms with E-state index in [9.17, 15) is 4.79 Å². The van der Waals surface area contributed by atoms with E-state index in [1.165, 1.54) is 0 Å². The fourth-order valence-corrected chi connectivity index (χ4v) is 1.95. The number of Topliss-reactive ketones (excluding diaryl/α,β-unsaturated/α-hetero) is 1.